The van der Waals surface area contributed by atoms with Gasteiger partial charge in [0.05, 0.1) is 28.5 Å². The second-order valence-corrected chi connectivity index (χ2v) is 7.56. The van der Waals surface area contributed by atoms with Crippen LogP contribution in [-0.4, -0.2) is 29.1 Å². The molecule has 1 aromatic heterocycles. The third kappa shape index (κ3) is 4.44. The number of hydrogen-bond acceptors (Lipinski definition) is 7. The van der Waals surface area contributed by atoms with Gasteiger partial charge in [0.1, 0.15) is 11.6 Å². The Morgan fingerprint density at radius 3 is 2.53 bits per heavy atom. The summed E-state index contributed by atoms with van der Waals surface area (Å²) in [6, 6.07) is 16.4. The number of carbonyl (C=O) groups is 1. The Kier molecular flexibility index (Phi) is 5.86. The fourth-order valence-corrected chi connectivity index (χ4v) is 3.77. The van der Waals surface area contributed by atoms with Crippen molar-refractivity contribution in [3.8, 4) is 5.75 Å². The smallest absolute Gasteiger partial charge is 0.280 e. The van der Waals surface area contributed by atoms with Gasteiger partial charge in [0.15, 0.2) is 0 Å². The van der Waals surface area contributed by atoms with Gasteiger partial charge in [-0.2, -0.15) is 10.1 Å². The third-order valence-electron chi connectivity index (χ3n) is 4.48. The standard InChI is InChI=1S/C22H15FN4O4S/c1-31-18-9-4-15(5-10-18)21(28)26(22-25-19-11-6-16(23)12-20(19)32-22)24-13-14-2-7-17(8-3-14)27(29)30/h2-13H,1H3/b24-13+. The molecule has 0 N–H and O–H groups in total. The minimum atomic E-state index is -0.499. The van der Waals surface area contributed by atoms with Crippen LogP contribution in [0.3, 0.4) is 0 Å². The van der Waals surface area contributed by atoms with E-state index < -0.39 is 16.6 Å². The van der Waals surface area contributed by atoms with Crippen molar-refractivity contribution in [1.82, 2.24) is 4.98 Å². The maximum atomic E-state index is 13.6. The van der Waals surface area contributed by atoms with E-state index in [9.17, 15) is 19.3 Å². The Morgan fingerprint density at radius 2 is 1.88 bits per heavy atom. The molecule has 4 aromatic rings. The van der Waals surface area contributed by atoms with Crippen LogP contribution in [0.4, 0.5) is 15.2 Å². The SMILES string of the molecule is COc1ccc(C(=O)N(/N=C/c2ccc([N+](=O)[O-])cc2)c2nc3ccc(F)cc3s2)cc1. The zero-order valence-electron chi connectivity index (χ0n) is 16.6. The summed E-state index contributed by atoms with van der Waals surface area (Å²) < 4.78 is 19.3. The van der Waals surface area contributed by atoms with Crippen LogP contribution in [0.5, 0.6) is 5.75 Å². The Bertz CT molecular complexity index is 1320. The van der Waals surface area contributed by atoms with E-state index >= 15 is 0 Å². The van der Waals surface area contributed by atoms with Crippen molar-refractivity contribution in [3.05, 3.63) is 93.8 Å². The molecule has 0 fully saturated rings. The van der Waals surface area contributed by atoms with Crippen molar-refractivity contribution in [2.75, 3.05) is 12.1 Å². The van der Waals surface area contributed by atoms with Crippen molar-refractivity contribution in [3.63, 3.8) is 0 Å². The van der Waals surface area contributed by atoms with Gasteiger partial charge in [-0.15, -0.1) is 0 Å². The molecule has 0 aliphatic carbocycles. The third-order valence-corrected chi connectivity index (χ3v) is 5.47. The molecule has 0 bridgehead atoms. The first-order valence-electron chi connectivity index (χ1n) is 9.27. The summed E-state index contributed by atoms with van der Waals surface area (Å²) in [4.78, 5) is 28.0. The lowest BCUT2D eigenvalue weighted by atomic mass is 10.2. The predicted octanol–water partition coefficient (Wildman–Crippen LogP) is 5.03. The Hall–Kier alpha value is -4.18. The van der Waals surface area contributed by atoms with Gasteiger partial charge in [-0.3, -0.25) is 14.9 Å². The van der Waals surface area contributed by atoms with Crippen LogP contribution in [0, 0.1) is 15.9 Å². The lowest BCUT2D eigenvalue weighted by Gasteiger charge is -2.14. The molecule has 0 aliphatic heterocycles. The maximum Gasteiger partial charge on any atom is 0.280 e. The van der Waals surface area contributed by atoms with Crippen molar-refractivity contribution in [2.24, 2.45) is 5.10 Å². The first-order chi connectivity index (χ1) is 15.4. The van der Waals surface area contributed by atoms with Crippen LogP contribution >= 0.6 is 11.3 Å². The number of nitro groups is 1. The number of thiazole rings is 1. The number of methoxy groups -OCH3 is 1. The fourth-order valence-electron chi connectivity index (χ4n) is 2.83. The number of hydrazone groups is 1. The molecule has 0 spiro atoms. The van der Waals surface area contributed by atoms with Crippen molar-refractivity contribution < 1.29 is 18.8 Å². The van der Waals surface area contributed by atoms with E-state index in [4.69, 9.17) is 4.74 Å². The number of amides is 1. The number of benzene rings is 3. The van der Waals surface area contributed by atoms with Gasteiger partial charge < -0.3 is 4.74 Å². The molecule has 3 aromatic carbocycles. The quantitative estimate of drug-likeness (QED) is 0.233. The normalized spacial score (nSPS) is 11.1. The highest BCUT2D eigenvalue weighted by Gasteiger charge is 2.21. The van der Waals surface area contributed by atoms with Crippen molar-refractivity contribution in [2.45, 2.75) is 0 Å². The van der Waals surface area contributed by atoms with Crippen LogP contribution in [0.15, 0.2) is 71.8 Å². The highest BCUT2D eigenvalue weighted by molar-refractivity contribution is 7.22. The highest BCUT2D eigenvalue weighted by Crippen LogP contribution is 2.31. The Balaban J connectivity index is 1.72. The number of carbonyl (C=O) groups excluding carboxylic acids is 1. The highest BCUT2D eigenvalue weighted by atomic mass is 32.1. The van der Waals surface area contributed by atoms with E-state index in [1.54, 1.807) is 24.3 Å². The summed E-state index contributed by atoms with van der Waals surface area (Å²) in [6.07, 6.45) is 1.40. The Morgan fingerprint density at radius 1 is 1.16 bits per heavy atom. The molecule has 0 unspecified atom stereocenters. The molecular formula is C22H15FN4O4S. The summed E-state index contributed by atoms with van der Waals surface area (Å²) in [6.45, 7) is 0. The van der Waals surface area contributed by atoms with Crippen LogP contribution in [0.2, 0.25) is 0 Å². The summed E-state index contributed by atoms with van der Waals surface area (Å²) in [5.41, 5.74) is 1.37. The number of nitro benzene ring substituents is 1. The molecule has 10 heteroatoms. The number of fused-ring (bicyclic) bond motifs is 1. The van der Waals surface area contributed by atoms with Gasteiger partial charge in [0.2, 0.25) is 5.13 Å². The number of anilines is 1. The van der Waals surface area contributed by atoms with Crippen LogP contribution in [0.25, 0.3) is 10.2 Å². The molecule has 4 rings (SSSR count). The zero-order valence-corrected chi connectivity index (χ0v) is 17.5. The first kappa shape index (κ1) is 21.1. The number of rotatable bonds is 6. The number of non-ortho nitro benzene ring substituents is 1. The van der Waals surface area contributed by atoms with Crippen LogP contribution < -0.4 is 9.75 Å². The van der Waals surface area contributed by atoms with Gasteiger partial charge >= 0.3 is 0 Å². The lowest BCUT2D eigenvalue weighted by molar-refractivity contribution is -0.384. The zero-order chi connectivity index (χ0) is 22.7. The number of nitrogens with zero attached hydrogens (tertiary/aromatic N) is 4. The summed E-state index contributed by atoms with van der Waals surface area (Å²) >= 11 is 1.12. The monoisotopic (exact) mass is 450 g/mol. The van der Waals surface area contributed by atoms with E-state index in [0.717, 1.165) is 16.3 Å². The molecule has 0 saturated heterocycles. The molecule has 0 aliphatic rings. The van der Waals surface area contributed by atoms with E-state index in [-0.39, 0.29) is 10.8 Å². The molecule has 0 saturated carbocycles. The lowest BCUT2D eigenvalue weighted by Crippen LogP contribution is -2.25. The predicted molar refractivity (Wildman–Crippen MR) is 120 cm³/mol. The molecule has 8 nitrogen and oxygen atoms in total. The van der Waals surface area contributed by atoms with Gasteiger partial charge in [-0.1, -0.05) is 11.3 Å². The topological polar surface area (TPSA) is 97.9 Å². The largest absolute Gasteiger partial charge is 0.497 e. The van der Waals surface area contributed by atoms with Crippen LogP contribution in [0.1, 0.15) is 15.9 Å². The molecule has 0 atom stereocenters. The molecule has 32 heavy (non-hydrogen) atoms. The summed E-state index contributed by atoms with van der Waals surface area (Å²) in [5, 5.41) is 16.5. The molecule has 160 valence electrons. The average molecular weight is 450 g/mol. The van der Waals surface area contributed by atoms with E-state index in [1.165, 1.54) is 55.8 Å². The first-order valence-corrected chi connectivity index (χ1v) is 10.1. The minimum absolute atomic E-state index is 0.0542. The second-order valence-electron chi connectivity index (χ2n) is 6.55. The van der Waals surface area contributed by atoms with E-state index in [2.05, 4.69) is 10.1 Å². The maximum absolute atomic E-state index is 13.6. The molecule has 1 heterocycles. The van der Waals surface area contributed by atoms with Crippen molar-refractivity contribution >= 4 is 44.5 Å². The van der Waals surface area contributed by atoms with Gasteiger partial charge in [0, 0.05) is 17.7 Å². The minimum Gasteiger partial charge on any atom is -0.497 e. The molecule has 1 amide bonds. The number of ether oxygens (including phenoxy) is 1. The van der Waals surface area contributed by atoms with Crippen LogP contribution in [-0.2, 0) is 0 Å². The fraction of sp³-hybridized carbons (Fsp3) is 0.0455. The summed E-state index contributed by atoms with van der Waals surface area (Å²) in [7, 11) is 1.53. The second kappa shape index (κ2) is 8.90. The van der Waals surface area contributed by atoms with E-state index in [1.807, 2.05) is 0 Å². The van der Waals surface area contributed by atoms with E-state index in [0.29, 0.717) is 27.1 Å². The number of aromatic nitrogens is 1. The van der Waals surface area contributed by atoms with Gasteiger partial charge in [-0.25, -0.2) is 9.37 Å². The Labute approximate surface area is 185 Å². The van der Waals surface area contributed by atoms with Gasteiger partial charge in [-0.05, 0) is 60.2 Å². The number of hydrogen-bond donors (Lipinski definition) is 0. The molecular weight excluding hydrogens is 435 g/mol. The molecule has 0 radical (unpaired) electrons. The summed E-state index contributed by atoms with van der Waals surface area (Å²) in [5.74, 6) is -0.265. The average Bonchev–Trinajstić information content (AvgIpc) is 3.22. The van der Waals surface area contributed by atoms with Gasteiger partial charge in [0.25, 0.3) is 11.6 Å². The number of halogens is 1. The van der Waals surface area contributed by atoms with Crippen molar-refractivity contribution in [1.29, 1.82) is 0 Å².